The van der Waals surface area contributed by atoms with Gasteiger partial charge in [0.15, 0.2) is 0 Å². The second-order valence-electron chi connectivity index (χ2n) is 7.58. The Kier molecular flexibility index (Phi) is 5.40. The third-order valence-electron chi connectivity index (χ3n) is 5.87. The van der Waals surface area contributed by atoms with E-state index in [-0.39, 0.29) is 11.8 Å². The second-order valence-corrected chi connectivity index (χ2v) is 7.58. The molecule has 144 valence electrons. The summed E-state index contributed by atoms with van der Waals surface area (Å²) in [5.74, 6) is 0.420. The number of fused-ring (bicyclic) bond motifs is 1. The minimum absolute atomic E-state index is 0.208. The molecule has 3 aromatic rings. The molecule has 1 amide bonds. The van der Waals surface area contributed by atoms with Gasteiger partial charge in [-0.2, -0.15) is 0 Å². The first kappa shape index (κ1) is 18.6. The summed E-state index contributed by atoms with van der Waals surface area (Å²) in [6.45, 7) is 3.40. The molecule has 1 fully saturated rings. The molecule has 0 aliphatic carbocycles. The van der Waals surface area contributed by atoms with Gasteiger partial charge in [0.05, 0.1) is 6.10 Å². The first-order valence-electron chi connectivity index (χ1n) is 10.1. The van der Waals surface area contributed by atoms with E-state index < -0.39 is 6.10 Å². The molecule has 4 heteroatoms. The molecule has 1 N–H and O–H groups in total. The average molecular weight is 374 g/mol. The second kappa shape index (κ2) is 8.11. The highest BCUT2D eigenvalue weighted by Crippen LogP contribution is 2.32. The van der Waals surface area contributed by atoms with Gasteiger partial charge in [0.2, 0.25) is 5.91 Å². The van der Waals surface area contributed by atoms with Crippen LogP contribution in [0.15, 0.2) is 60.9 Å². The van der Waals surface area contributed by atoms with E-state index in [0.717, 1.165) is 48.0 Å². The number of hydrogen-bond acceptors (Lipinski definition) is 3. The van der Waals surface area contributed by atoms with E-state index in [4.69, 9.17) is 0 Å². The molecular weight excluding hydrogens is 348 g/mol. The molecule has 1 atom stereocenters. The monoisotopic (exact) mass is 374 g/mol. The van der Waals surface area contributed by atoms with Crippen LogP contribution in [0.25, 0.3) is 21.9 Å². The number of benzene rings is 2. The van der Waals surface area contributed by atoms with Crippen LogP contribution in [0.3, 0.4) is 0 Å². The molecule has 0 saturated carbocycles. The molecule has 0 spiro atoms. The number of aliphatic hydroxyl groups is 1. The highest BCUT2D eigenvalue weighted by molar-refractivity contribution is 5.86. The number of piperidine rings is 1. The summed E-state index contributed by atoms with van der Waals surface area (Å²) in [5.41, 5.74) is 3.25. The Hall–Kier alpha value is -2.72. The van der Waals surface area contributed by atoms with Crippen molar-refractivity contribution in [2.75, 3.05) is 13.1 Å². The molecule has 0 radical (unpaired) electrons. The number of aromatic nitrogens is 1. The Labute approximate surface area is 165 Å². The molecule has 1 aliphatic rings. The van der Waals surface area contributed by atoms with Gasteiger partial charge < -0.3 is 10.0 Å². The van der Waals surface area contributed by atoms with Crippen molar-refractivity contribution in [3.63, 3.8) is 0 Å². The zero-order chi connectivity index (χ0) is 19.5. The van der Waals surface area contributed by atoms with Crippen molar-refractivity contribution >= 4 is 16.7 Å². The van der Waals surface area contributed by atoms with E-state index in [1.807, 2.05) is 42.4 Å². The maximum Gasteiger partial charge on any atom is 0.222 e. The summed E-state index contributed by atoms with van der Waals surface area (Å²) < 4.78 is 0. The predicted molar refractivity (Wildman–Crippen MR) is 112 cm³/mol. The maximum atomic E-state index is 11.8. The number of pyridine rings is 1. The predicted octanol–water partition coefficient (Wildman–Crippen LogP) is 4.58. The normalized spacial score (nSPS) is 16.3. The molecule has 4 nitrogen and oxygen atoms in total. The largest absolute Gasteiger partial charge is 0.388 e. The smallest absolute Gasteiger partial charge is 0.222 e. The molecule has 2 aromatic carbocycles. The summed E-state index contributed by atoms with van der Waals surface area (Å²) in [6, 6.07) is 16.6. The number of carbonyl (C=O) groups is 1. The van der Waals surface area contributed by atoms with Gasteiger partial charge in [-0.05, 0) is 53.0 Å². The summed E-state index contributed by atoms with van der Waals surface area (Å²) in [5, 5.41) is 13.1. The number of amides is 1. The fourth-order valence-corrected chi connectivity index (χ4v) is 4.10. The first-order valence-corrected chi connectivity index (χ1v) is 10.1. The van der Waals surface area contributed by atoms with Crippen LogP contribution in [0.1, 0.15) is 37.9 Å². The van der Waals surface area contributed by atoms with Crippen LogP contribution in [-0.2, 0) is 4.79 Å². The van der Waals surface area contributed by atoms with Gasteiger partial charge in [-0.25, -0.2) is 0 Å². The van der Waals surface area contributed by atoms with Crippen molar-refractivity contribution in [3.8, 4) is 11.1 Å². The van der Waals surface area contributed by atoms with Crippen molar-refractivity contribution in [2.45, 2.75) is 32.3 Å². The van der Waals surface area contributed by atoms with Gasteiger partial charge in [-0.1, -0.05) is 43.3 Å². The lowest BCUT2D eigenvalue weighted by Crippen LogP contribution is -2.39. The Morgan fingerprint density at radius 3 is 2.50 bits per heavy atom. The Balaban J connectivity index is 1.46. The summed E-state index contributed by atoms with van der Waals surface area (Å²) in [4.78, 5) is 17.9. The number of aliphatic hydroxyl groups excluding tert-OH is 1. The fraction of sp³-hybridized carbons (Fsp3) is 0.333. The van der Waals surface area contributed by atoms with Crippen LogP contribution < -0.4 is 0 Å². The third kappa shape index (κ3) is 3.78. The number of nitrogens with zero attached hydrogens (tertiary/aromatic N) is 2. The molecule has 0 bridgehead atoms. The topological polar surface area (TPSA) is 53.4 Å². The molecule has 1 unspecified atom stereocenters. The van der Waals surface area contributed by atoms with Gasteiger partial charge in [0.1, 0.15) is 0 Å². The first-order chi connectivity index (χ1) is 13.7. The fourth-order valence-electron chi connectivity index (χ4n) is 4.10. The molecule has 1 saturated heterocycles. The zero-order valence-electron chi connectivity index (χ0n) is 16.2. The van der Waals surface area contributed by atoms with E-state index in [2.05, 4.69) is 35.3 Å². The summed E-state index contributed by atoms with van der Waals surface area (Å²) in [6.07, 6.45) is 5.47. The van der Waals surface area contributed by atoms with Crippen molar-refractivity contribution in [1.82, 2.24) is 9.88 Å². The highest BCUT2D eigenvalue weighted by atomic mass is 16.3. The summed E-state index contributed by atoms with van der Waals surface area (Å²) in [7, 11) is 0. The van der Waals surface area contributed by atoms with Crippen molar-refractivity contribution in [3.05, 3.63) is 66.5 Å². The van der Waals surface area contributed by atoms with E-state index in [0.29, 0.717) is 6.42 Å². The molecule has 1 aromatic heterocycles. The van der Waals surface area contributed by atoms with Gasteiger partial charge in [-0.3, -0.25) is 9.78 Å². The van der Waals surface area contributed by atoms with Crippen molar-refractivity contribution < 1.29 is 9.90 Å². The van der Waals surface area contributed by atoms with Gasteiger partial charge in [0.25, 0.3) is 0 Å². The minimum atomic E-state index is -0.476. The van der Waals surface area contributed by atoms with E-state index in [1.165, 1.54) is 5.39 Å². The lowest BCUT2D eigenvalue weighted by molar-refractivity contribution is -0.132. The van der Waals surface area contributed by atoms with E-state index in [1.54, 1.807) is 0 Å². The lowest BCUT2D eigenvalue weighted by atomic mass is 9.87. The van der Waals surface area contributed by atoms with Gasteiger partial charge in [0, 0.05) is 37.3 Å². The van der Waals surface area contributed by atoms with E-state index in [9.17, 15) is 9.90 Å². The van der Waals surface area contributed by atoms with Crippen LogP contribution in [0.2, 0.25) is 0 Å². The highest BCUT2D eigenvalue weighted by Gasteiger charge is 2.27. The van der Waals surface area contributed by atoms with Gasteiger partial charge in [-0.15, -0.1) is 0 Å². The number of rotatable bonds is 4. The Morgan fingerprint density at radius 2 is 1.79 bits per heavy atom. The molecule has 4 rings (SSSR count). The molecule has 28 heavy (non-hydrogen) atoms. The standard InChI is InChI=1S/C24H26N2O2/c1-2-23(27)26-13-10-19(11-14-26)24(28)18-5-3-17(4-6-18)20-7-8-22-16-25-12-9-21(22)15-20/h3-9,12,15-16,19,24,28H,2,10-11,13-14H2,1H3. The van der Waals surface area contributed by atoms with Crippen LogP contribution in [0.5, 0.6) is 0 Å². The molecular formula is C24H26N2O2. The van der Waals surface area contributed by atoms with Gasteiger partial charge >= 0.3 is 0 Å². The third-order valence-corrected chi connectivity index (χ3v) is 5.87. The van der Waals surface area contributed by atoms with Crippen LogP contribution in [-0.4, -0.2) is 34.0 Å². The van der Waals surface area contributed by atoms with Crippen molar-refractivity contribution in [2.24, 2.45) is 5.92 Å². The van der Waals surface area contributed by atoms with Crippen LogP contribution in [0, 0.1) is 5.92 Å². The molecule has 1 aliphatic heterocycles. The average Bonchev–Trinajstić information content (AvgIpc) is 2.78. The summed E-state index contributed by atoms with van der Waals surface area (Å²) >= 11 is 0. The maximum absolute atomic E-state index is 11.8. The minimum Gasteiger partial charge on any atom is -0.388 e. The number of carbonyl (C=O) groups excluding carboxylic acids is 1. The zero-order valence-corrected chi connectivity index (χ0v) is 16.2. The Bertz CT molecular complexity index is 960. The van der Waals surface area contributed by atoms with Crippen LogP contribution in [0.4, 0.5) is 0 Å². The Morgan fingerprint density at radius 1 is 1.07 bits per heavy atom. The van der Waals surface area contributed by atoms with Crippen LogP contribution >= 0.6 is 0 Å². The lowest BCUT2D eigenvalue weighted by Gasteiger charge is -2.34. The number of likely N-dealkylation sites (tertiary alicyclic amines) is 1. The quantitative estimate of drug-likeness (QED) is 0.727. The SMILES string of the molecule is CCC(=O)N1CCC(C(O)c2ccc(-c3ccc4cnccc4c3)cc2)CC1. The molecule has 2 heterocycles. The number of hydrogen-bond donors (Lipinski definition) is 1. The van der Waals surface area contributed by atoms with Crippen molar-refractivity contribution in [1.29, 1.82) is 0 Å². The van der Waals surface area contributed by atoms with E-state index >= 15 is 0 Å².